The Balaban J connectivity index is 2.37. The molecule has 136 valence electrons. The van der Waals surface area contributed by atoms with E-state index in [4.69, 9.17) is 0 Å². The second-order valence-corrected chi connectivity index (χ2v) is 6.63. The number of rotatable bonds is 13. The van der Waals surface area contributed by atoms with Crippen LogP contribution in [0.1, 0.15) is 95.5 Å². The Morgan fingerprint density at radius 3 is 2.38 bits per heavy atom. The van der Waals surface area contributed by atoms with Gasteiger partial charge in [-0.15, -0.1) is 0 Å². The molecule has 0 amide bonds. The minimum absolute atomic E-state index is 0.411. The predicted molar refractivity (Wildman–Crippen MR) is 102 cm³/mol. The summed E-state index contributed by atoms with van der Waals surface area (Å²) in [4.78, 5) is 4.48. The first-order chi connectivity index (χ1) is 11.7. The number of aliphatic hydroxyl groups is 2. The van der Waals surface area contributed by atoms with Crippen LogP contribution in [0, 0.1) is 0 Å². The molecule has 1 rings (SSSR count). The highest BCUT2D eigenvalue weighted by Crippen LogP contribution is 2.18. The third-order valence-electron chi connectivity index (χ3n) is 4.31. The molecule has 1 aromatic heterocycles. The maximum Gasteiger partial charge on any atom is 0.0960 e. The lowest BCUT2D eigenvalue weighted by atomic mass is 10.1. The van der Waals surface area contributed by atoms with Crippen molar-refractivity contribution in [3.8, 4) is 0 Å². The monoisotopic (exact) mass is 333 g/mol. The average molecular weight is 334 g/mol. The molecule has 2 N–H and O–H groups in total. The molecule has 0 saturated heterocycles. The molecule has 0 bridgehead atoms. The smallest absolute Gasteiger partial charge is 0.0960 e. The summed E-state index contributed by atoms with van der Waals surface area (Å²) in [5.74, 6) is 0. The van der Waals surface area contributed by atoms with Crippen LogP contribution in [0.3, 0.4) is 0 Å². The SMILES string of the molecule is CCCCCCCCC(O)C=Cc1cccc(C(O)CCCC)n1. The Labute approximate surface area is 147 Å². The summed E-state index contributed by atoms with van der Waals surface area (Å²) in [7, 11) is 0. The number of unbranched alkanes of at least 4 members (excludes halogenated alkanes) is 6. The van der Waals surface area contributed by atoms with Gasteiger partial charge in [0.2, 0.25) is 0 Å². The van der Waals surface area contributed by atoms with Gasteiger partial charge in [0, 0.05) is 0 Å². The van der Waals surface area contributed by atoms with Gasteiger partial charge in [-0.2, -0.15) is 0 Å². The van der Waals surface area contributed by atoms with Crippen molar-refractivity contribution in [2.75, 3.05) is 0 Å². The van der Waals surface area contributed by atoms with Crippen LogP contribution in [0.2, 0.25) is 0 Å². The molecule has 0 aliphatic heterocycles. The fourth-order valence-electron chi connectivity index (χ4n) is 2.73. The van der Waals surface area contributed by atoms with E-state index in [-0.39, 0.29) is 0 Å². The molecule has 0 saturated carbocycles. The van der Waals surface area contributed by atoms with E-state index in [0.29, 0.717) is 0 Å². The summed E-state index contributed by atoms with van der Waals surface area (Å²) >= 11 is 0. The quantitative estimate of drug-likeness (QED) is 0.473. The average Bonchev–Trinajstić information content (AvgIpc) is 2.61. The van der Waals surface area contributed by atoms with Crippen LogP contribution >= 0.6 is 0 Å². The second kappa shape index (κ2) is 13.1. The van der Waals surface area contributed by atoms with E-state index in [0.717, 1.165) is 43.5 Å². The molecular formula is C21H35NO2. The molecule has 1 heterocycles. The van der Waals surface area contributed by atoms with Crippen molar-refractivity contribution in [2.24, 2.45) is 0 Å². The third kappa shape index (κ3) is 9.19. The van der Waals surface area contributed by atoms with Crippen molar-refractivity contribution >= 4 is 6.08 Å². The zero-order valence-corrected chi connectivity index (χ0v) is 15.5. The summed E-state index contributed by atoms with van der Waals surface area (Å²) in [6.07, 6.45) is 13.8. The molecule has 2 unspecified atom stereocenters. The van der Waals surface area contributed by atoms with Crippen molar-refractivity contribution in [1.29, 1.82) is 0 Å². The lowest BCUT2D eigenvalue weighted by Gasteiger charge is -2.10. The minimum Gasteiger partial charge on any atom is -0.389 e. The van der Waals surface area contributed by atoms with Gasteiger partial charge in [-0.25, -0.2) is 0 Å². The van der Waals surface area contributed by atoms with Crippen LogP contribution in [0.15, 0.2) is 24.3 Å². The van der Waals surface area contributed by atoms with Gasteiger partial charge >= 0.3 is 0 Å². The van der Waals surface area contributed by atoms with Crippen molar-refractivity contribution < 1.29 is 10.2 Å². The summed E-state index contributed by atoms with van der Waals surface area (Å²) in [6, 6.07) is 5.69. The zero-order valence-electron chi connectivity index (χ0n) is 15.5. The number of nitrogens with zero attached hydrogens (tertiary/aromatic N) is 1. The Bertz CT molecular complexity index is 459. The van der Waals surface area contributed by atoms with Gasteiger partial charge in [-0.3, -0.25) is 4.98 Å². The summed E-state index contributed by atoms with van der Waals surface area (Å²) in [6.45, 7) is 4.34. The molecule has 0 aliphatic rings. The van der Waals surface area contributed by atoms with Crippen molar-refractivity contribution in [2.45, 2.75) is 90.3 Å². The number of aliphatic hydroxyl groups excluding tert-OH is 2. The van der Waals surface area contributed by atoms with E-state index in [9.17, 15) is 10.2 Å². The van der Waals surface area contributed by atoms with E-state index in [1.807, 2.05) is 30.4 Å². The van der Waals surface area contributed by atoms with Gasteiger partial charge in [0.05, 0.1) is 23.6 Å². The van der Waals surface area contributed by atoms with Crippen LogP contribution in [-0.2, 0) is 0 Å². The lowest BCUT2D eigenvalue weighted by molar-refractivity contribution is 0.159. The first kappa shape index (κ1) is 20.9. The molecule has 3 nitrogen and oxygen atoms in total. The normalized spacial score (nSPS) is 14.2. The Morgan fingerprint density at radius 2 is 1.62 bits per heavy atom. The maximum absolute atomic E-state index is 10.1. The number of hydrogen-bond acceptors (Lipinski definition) is 3. The van der Waals surface area contributed by atoms with E-state index < -0.39 is 12.2 Å². The van der Waals surface area contributed by atoms with Crippen LogP contribution in [0.4, 0.5) is 0 Å². The molecule has 0 radical (unpaired) electrons. The van der Waals surface area contributed by atoms with Crippen LogP contribution in [-0.4, -0.2) is 21.3 Å². The first-order valence-electron chi connectivity index (χ1n) is 9.68. The summed E-state index contributed by atoms with van der Waals surface area (Å²) in [5, 5.41) is 20.2. The highest BCUT2D eigenvalue weighted by atomic mass is 16.3. The second-order valence-electron chi connectivity index (χ2n) is 6.63. The molecule has 24 heavy (non-hydrogen) atoms. The standard InChI is InChI=1S/C21H35NO2/c1-3-5-7-8-9-10-13-19(23)17-16-18-12-11-14-20(22-18)21(24)15-6-4-2/h11-12,14,16-17,19,21,23-24H,3-10,13,15H2,1-2H3. The Hall–Kier alpha value is -1.19. The van der Waals surface area contributed by atoms with Crippen LogP contribution in [0.5, 0.6) is 0 Å². The molecule has 0 aliphatic carbocycles. The zero-order chi connectivity index (χ0) is 17.6. The maximum atomic E-state index is 10.1. The van der Waals surface area contributed by atoms with Crippen LogP contribution < -0.4 is 0 Å². The van der Waals surface area contributed by atoms with E-state index >= 15 is 0 Å². The highest BCUT2D eigenvalue weighted by Gasteiger charge is 2.08. The van der Waals surface area contributed by atoms with Gasteiger partial charge < -0.3 is 10.2 Å². The van der Waals surface area contributed by atoms with Gasteiger partial charge in [-0.1, -0.05) is 77.4 Å². The molecule has 1 aromatic rings. The van der Waals surface area contributed by atoms with Crippen molar-refractivity contribution in [1.82, 2.24) is 4.98 Å². The molecule has 0 aromatic carbocycles. The molecular weight excluding hydrogens is 298 g/mol. The number of hydrogen-bond donors (Lipinski definition) is 2. The van der Waals surface area contributed by atoms with Gasteiger partial charge in [0.25, 0.3) is 0 Å². The van der Waals surface area contributed by atoms with Gasteiger partial charge in [0.15, 0.2) is 0 Å². The summed E-state index contributed by atoms with van der Waals surface area (Å²) in [5.41, 5.74) is 1.51. The van der Waals surface area contributed by atoms with Crippen molar-refractivity contribution in [3.63, 3.8) is 0 Å². The minimum atomic E-state index is -0.494. The lowest BCUT2D eigenvalue weighted by Crippen LogP contribution is -2.03. The molecule has 3 heteroatoms. The predicted octanol–water partition coefficient (Wildman–Crippen LogP) is 5.43. The highest BCUT2D eigenvalue weighted by molar-refractivity contribution is 5.45. The fraction of sp³-hybridized carbons (Fsp3) is 0.667. The third-order valence-corrected chi connectivity index (χ3v) is 4.31. The van der Waals surface area contributed by atoms with Crippen LogP contribution in [0.25, 0.3) is 6.08 Å². The van der Waals surface area contributed by atoms with Crippen molar-refractivity contribution in [3.05, 3.63) is 35.7 Å². The van der Waals surface area contributed by atoms with Gasteiger partial charge in [-0.05, 0) is 31.1 Å². The van der Waals surface area contributed by atoms with E-state index in [1.165, 1.54) is 32.1 Å². The largest absolute Gasteiger partial charge is 0.389 e. The Kier molecular flexibility index (Phi) is 11.4. The molecule has 0 fully saturated rings. The summed E-state index contributed by atoms with van der Waals surface area (Å²) < 4.78 is 0. The first-order valence-corrected chi connectivity index (χ1v) is 9.68. The molecule has 2 atom stereocenters. The topological polar surface area (TPSA) is 53.4 Å². The fourth-order valence-corrected chi connectivity index (χ4v) is 2.73. The van der Waals surface area contributed by atoms with E-state index in [2.05, 4.69) is 18.8 Å². The number of aromatic nitrogens is 1. The Morgan fingerprint density at radius 1 is 0.917 bits per heavy atom. The van der Waals surface area contributed by atoms with E-state index in [1.54, 1.807) is 0 Å². The number of pyridine rings is 1. The van der Waals surface area contributed by atoms with Gasteiger partial charge in [0.1, 0.15) is 0 Å². The molecule has 0 spiro atoms.